The third-order valence-corrected chi connectivity index (χ3v) is 3.44. The number of fused-ring (bicyclic) bond motifs is 1. The fraction of sp³-hybridized carbons (Fsp3) is 0.538. The molecule has 2 N–H and O–H groups in total. The molecule has 90 valence electrons. The maximum absolute atomic E-state index is 4.65. The Balaban J connectivity index is 1.85. The van der Waals surface area contributed by atoms with Gasteiger partial charge in [0.15, 0.2) is 0 Å². The van der Waals surface area contributed by atoms with Crippen LogP contribution >= 0.6 is 0 Å². The van der Waals surface area contributed by atoms with Crippen LogP contribution in [0, 0.1) is 0 Å². The van der Waals surface area contributed by atoms with Crippen molar-refractivity contribution in [2.24, 2.45) is 0 Å². The lowest BCUT2D eigenvalue weighted by Crippen LogP contribution is -2.24. The molecule has 0 radical (unpaired) electrons. The summed E-state index contributed by atoms with van der Waals surface area (Å²) in [5, 5.41) is 3.58. The lowest BCUT2D eigenvalue weighted by molar-refractivity contribution is 0.416. The normalized spacial score (nSPS) is 22.2. The zero-order valence-electron chi connectivity index (χ0n) is 9.95. The van der Waals surface area contributed by atoms with Gasteiger partial charge in [0.1, 0.15) is 5.82 Å². The minimum absolute atomic E-state index is 0.377. The van der Waals surface area contributed by atoms with E-state index in [9.17, 15) is 0 Å². The van der Waals surface area contributed by atoms with Gasteiger partial charge in [0.05, 0.1) is 23.3 Å². The Morgan fingerprint density at radius 1 is 1.18 bits per heavy atom. The van der Waals surface area contributed by atoms with Crippen LogP contribution in [0.5, 0.6) is 0 Å². The Labute approximate surface area is 101 Å². The van der Waals surface area contributed by atoms with Gasteiger partial charge in [-0.05, 0) is 25.5 Å². The average molecular weight is 230 g/mol. The number of aromatic nitrogens is 3. The van der Waals surface area contributed by atoms with E-state index in [1.54, 1.807) is 6.20 Å². The molecule has 0 aromatic carbocycles. The number of aromatic amines is 1. The number of imidazole rings is 1. The van der Waals surface area contributed by atoms with E-state index in [2.05, 4.69) is 20.3 Å². The van der Waals surface area contributed by atoms with E-state index in [0.717, 1.165) is 23.4 Å². The second-order valence-corrected chi connectivity index (χ2v) is 4.72. The number of hydrogen-bond acceptors (Lipinski definition) is 3. The van der Waals surface area contributed by atoms with Gasteiger partial charge < -0.3 is 10.3 Å². The number of pyridine rings is 1. The Morgan fingerprint density at radius 3 is 3.06 bits per heavy atom. The first kappa shape index (κ1) is 10.7. The van der Waals surface area contributed by atoms with Crippen molar-refractivity contribution in [2.75, 3.05) is 6.54 Å². The highest BCUT2D eigenvalue weighted by Gasteiger charge is 2.16. The maximum atomic E-state index is 4.65. The summed E-state index contributed by atoms with van der Waals surface area (Å²) in [6.45, 7) is 1.10. The van der Waals surface area contributed by atoms with Crippen LogP contribution in [0.15, 0.2) is 18.5 Å². The van der Waals surface area contributed by atoms with Crippen LogP contribution in [0.4, 0.5) is 0 Å². The van der Waals surface area contributed by atoms with Crippen molar-refractivity contribution < 1.29 is 0 Å². The van der Waals surface area contributed by atoms with E-state index < -0.39 is 0 Å². The van der Waals surface area contributed by atoms with E-state index in [4.69, 9.17) is 0 Å². The minimum Gasteiger partial charge on any atom is -0.339 e. The summed E-state index contributed by atoms with van der Waals surface area (Å²) in [5.41, 5.74) is 2.05. The summed E-state index contributed by atoms with van der Waals surface area (Å²) < 4.78 is 0. The zero-order valence-corrected chi connectivity index (χ0v) is 9.95. The van der Waals surface area contributed by atoms with Gasteiger partial charge in [-0.25, -0.2) is 4.98 Å². The molecule has 2 aromatic heterocycles. The highest BCUT2D eigenvalue weighted by atomic mass is 15.0. The van der Waals surface area contributed by atoms with Gasteiger partial charge in [-0.3, -0.25) is 4.98 Å². The largest absolute Gasteiger partial charge is 0.339 e. The van der Waals surface area contributed by atoms with Gasteiger partial charge >= 0.3 is 0 Å². The van der Waals surface area contributed by atoms with Crippen LogP contribution < -0.4 is 5.32 Å². The Kier molecular flexibility index (Phi) is 3.05. The zero-order chi connectivity index (χ0) is 11.5. The lowest BCUT2D eigenvalue weighted by Gasteiger charge is -2.19. The van der Waals surface area contributed by atoms with E-state index >= 15 is 0 Å². The smallest absolute Gasteiger partial charge is 0.124 e. The Morgan fingerprint density at radius 2 is 2.12 bits per heavy atom. The fourth-order valence-electron chi connectivity index (χ4n) is 2.48. The standard InChI is InChI=1S/C13H18N4/c1-2-4-7-15-11(5-3-1)13-16-10-6-8-14-9-12(10)17-13/h6,8-9,11,15H,1-5,7H2,(H,16,17). The first-order valence-corrected chi connectivity index (χ1v) is 6.46. The quantitative estimate of drug-likeness (QED) is 0.791. The molecule has 1 aliphatic heterocycles. The molecule has 17 heavy (non-hydrogen) atoms. The Bertz CT molecular complexity index is 450. The molecular formula is C13H18N4. The molecule has 0 bridgehead atoms. The Hall–Kier alpha value is -1.42. The van der Waals surface area contributed by atoms with Crippen molar-refractivity contribution in [2.45, 2.75) is 38.1 Å². The molecule has 1 atom stereocenters. The van der Waals surface area contributed by atoms with Gasteiger partial charge in [0.25, 0.3) is 0 Å². The summed E-state index contributed by atoms with van der Waals surface area (Å²) >= 11 is 0. The molecule has 1 aliphatic rings. The number of hydrogen-bond donors (Lipinski definition) is 2. The molecule has 4 nitrogen and oxygen atoms in total. The van der Waals surface area contributed by atoms with Gasteiger partial charge in [0, 0.05) is 6.20 Å². The number of nitrogens with zero attached hydrogens (tertiary/aromatic N) is 2. The predicted octanol–water partition coefficient (Wildman–Crippen LogP) is 2.55. The van der Waals surface area contributed by atoms with Crippen molar-refractivity contribution in [1.82, 2.24) is 20.3 Å². The molecular weight excluding hydrogens is 212 g/mol. The summed E-state index contributed by atoms with van der Waals surface area (Å²) in [5.74, 6) is 1.06. The van der Waals surface area contributed by atoms with Gasteiger partial charge in [-0.15, -0.1) is 0 Å². The van der Waals surface area contributed by atoms with Crippen molar-refractivity contribution in [3.63, 3.8) is 0 Å². The van der Waals surface area contributed by atoms with Crippen molar-refractivity contribution in [3.05, 3.63) is 24.3 Å². The van der Waals surface area contributed by atoms with E-state index in [1.807, 2.05) is 12.3 Å². The van der Waals surface area contributed by atoms with Crippen LogP contribution in [0.3, 0.4) is 0 Å². The van der Waals surface area contributed by atoms with Crippen LogP contribution in [0.2, 0.25) is 0 Å². The van der Waals surface area contributed by atoms with E-state index in [1.165, 1.54) is 32.1 Å². The summed E-state index contributed by atoms with van der Waals surface area (Å²) in [4.78, 5) is 12.1. The molecule has 1 saturated heterocycles. The van der Waals surface area contributed by atoms with E-state index in [-0.39, 0.29) is 0 Å². The molecule has 0 spiro atoms. The molecule has 3 rings (SSSR count). The number of H-pyrrole nitrogens is 1. The topological polar surface area (TPSA) is 53.6 Å². The number of nitrogens with one attached hydrogen (secondary N) is 2. The fourth-order valence-corrected chi connectivity index (χ4v) is 2.48. The van der Waals surface area contributed by atoms with Gasteiger partial charge in [-0.1, -0.05) is 19.3 Å². The van der Waals surface area contributed by atoms with Crippen molar-refractivity contribution in [3.8, 4) is 0 Å². The first-order valence-electron chi connectivity index (χ1n) is 6.46. The maximum Gasteiger partial charge on any atom is 0.124 e. The molecule has 0 amide bonds. The molecule has 1 unspecified atom stereocenters. The molecule has 1 fully saturated rings. The second kappa shape index (κ2) is 4.84. The van der Waals surface area contributed by atoms with Crippen LogP contribution in [-0.2, 0) is 0 Å². The van der Waals surface area contributed by atoms with Gasteiger partial charge in [-0.2, -0.15) is 0 Å². The van der Waals surface area contributed by atoms with Crippen molar-refractivity contribution >= 4 is 11.0 Å². The first-order chi connectivity index (χ1) is 8.43. The molecule has 0 saturated carbocycles. The van der Waals surface area contributed by atoms with Gasteiger partial charge in [0.2, 0.25) is 0 Å². The third-order valence-electron chi connectivity index (χ3n) is 3.44. The highest BCUT2D eigenvalue weighted by molar-refractivity contribution is 5.73. The summed E-state index contributed by atoms with van der Waals surface area (Å²) in [6, 6.07) is 2.33. The second-order valence-electron chi connectivity index (χ2n) is 4.72. The molecule has 3 heterocycles. The van der Waals surface area contributed by atoms with Crippen LogP contribution in [0.1, 0.15) is 44.0 Å². The van der Waals surface area contributed by atoms with E-state index in [0.29, 0.717) is 6.04 Å². The summed E-state index contributed by atoms with van der Waals surface area (Å²) in [6.07, 6.45) is 10.1. The lowest BCUT2D eigenvalue weighted by atomic mass is 10.0. The van der Waals surface area contributed by atoms with Crippen LogP contribution in [0.25, 0.3) is 11.0 Å². The minimum atomic E-state index is 0.377. The highest BCUT2D eigenvalue weighted by Crippen LogP contribution is 2.22. The monoisotopic (exact) mass is 230 g/mol. The number of rotatable bonds is 1. The molecule has 4 heteroatoms. The predicted molar refractivity (Wildman–Crippen MR) is 67.7 cm³/mol. The summed E-state index contributed by atoms with van der Waals surface area (Å²) in [7, 11) is 0. The third kappa shape index (κ3) is 2.31. The van der Waals surface area contributed by atoms with Crippen LogP contribution in [-0.4, -0.2) is 21.5 Å². The average Bonchev–Trinajstić information content (AvgIpc) is 2.71. The molecule has 2 aromatic rings. The molecule has 0 aliphatic carbocycles. The SMILES string of the molecule is c1cc2nc(C3CCCCCCN3)[nH]c2cn1. The van der Waals surface area contributed by atoms with Crippen molar-refractivity contribution in [1.29, 1.82) is 0 Å².